The number of aromatic nitrogens is 5. The van der Waals surface area contributed by atoms with Gasteiger partial charge in [-0.15, -0.1) is 5.10 Å². The van der Waals surface area contributed by atoms with E-state index in [-0.39, 0.29) is 17.9 Å². The molecule has 5 rings (SSSR count). The van der Waals surface area contributed by atoms with Crippen LogP contribution in [-0.2, 0) is 0 Å². The summed E-state index contributed by atoms with van der Waals surface area (Å²) in [5.41, 5.74) is 1.89. The molecule has 2 N–H and O–H groups in total. The van der Waals surface area contributed by atoms with Gasteiger partial charge in [0.25, 0.3) is 0 Å². The average molecular weight is 336 g/mol. The lowest BCUT2D eigenvalue weighted by Crippen LogP contribution is -2.20. The first kappa shape index (κ1) is 14.4. The first-order valence-electron chi connectivity index (χ1n) is 8.18. The highest BCUT2D eigenvalue weighted by Gasteiger charge is 2.55. The molecule has 3 heterocycles. The molecule has 1 aliphatic heterocycles. The Kier molecular flexibility index (Phi) is 3.17. The summed E-state index contributed by atoms with van der Waals surface area (Å²) in [6, 6.07) is 5.61. The maximum atomic E-state index is 10.3. The molecule has 126 valence electrons. The fourth-order valence-electron chi connectivity index (χ4n) is 3.41. The van der Waals surface area contributed by atoms with Crippen molar-refractivity contribution in [3.8, 4) is 28.7 Å². The number of benzene rings is 1. The Morgan fingerprint density at radius 3 is 2.76 bits per heavy atom. The SMILES string of the molecule is Oc1cc(-n2ccnc2)ccc1-c1cnc(OC2C3CNCC32)nn1. The third-order valence-electron chi connectivity index (χ3n) is 4.85. The van der Waals surface area contributed by atoms with Crippen LogP contribution < -0.4 is 10.1 Å². The summed E-state index contributed by atoms with van der Waals surface area (Å²) in [6.45, 7) is 2.00. The molecule has 25 heavy (non-hydrogen) atoms. The van der Waals surface area contributed by atoms with E-state index in [9.17, 15) is 5.11 Å². The van der Waals surface area contributed by atoms with Crippen LogP contribution in [0.4, 0.5) is 0 Å². The predicted molar refractivity (Wildman–Crippen MR) is 88.3 cm³/mol. The van der Waals surface area contributed by atoms with Gasteiger partial charge in [-0.05, 0) is 12.1 Å². The van der Waals surface area contributed by atoms with Crippen molar-refractivity contribution in [1.29, 1.82) is 0 Å². The third-order valence-corrected chi connectivity index (χ3v) is 4.85. The normalized spacial score (nSPS) is 24.1. The second-order valence-corrected chi connectivity index (χ2v) is 6.37. The van der Waals surface area contributed by atoms with Crippen LogP contribution in [0, 0.1) is 11.8 Å². The average Bonchev–Trinajstić information content (AvgIpc) is 3.10. The van der Waals surface area contributed by atoms with Crippen LogP contribution in [0.3, 0.4) is 0 Å². The summed E-state index contributed by atoms with van der Waals surface area (Å²) < 4.78 is 7.60. The Hall–Kier alpha value is -3.00. The summed E-state index contributed by atoms with van der Waals surface area (Å²) in [7, 11) is 0. The topological polar surface area (TPSA) is 98.0 Å². The van der Waals surface area contributed by atoms with Gasteiger partial charge in [0.2, 0.25) is 0 Å². The Morgan fingerprint density at radius 1 is 1.20 bits per heavy atom. The number of hydrogen-bond acceptors (Lipinski definition) is 7. The lowest BCUT2D eigenvalue weighted by atomic mass is 10.1. The summed E-state index contributed by atoms with van der Waals surface area (Å²) >= 11 is 0. The third kappa shape index (κ3) is 2.51. The first-order chi connectivity index (χ1) is 12.3. The van der Waals surface area contributed by atoms with E-state index in [0.29, 0.717) is 23.1 Å². The molecule has 2 atom stereocenters. The van der Waals surface area contributed by atoms with Crippen LogP contribution in [0.1, 0.15) is 0 Å². The summed E-state index contributed by atoms with van der Waals surface area (Å²) in [4.78, 5) is 8.23. The molecule has 0 amide bonds. The number of phenols is 1. The van der Waals surface area contributed by atoms with Gasteiger partial charge in [-0.2, -0.15) is 0 Å². The van der Waals surface area contributed by atoms with E-state index in [1.165, 1.54) is 0 Å². The number of hydrogen-bond donors (Lipinski definition) is 2. The van der Waals surface area contributed by atoms with E-state index in [2.05, 4.69) is 25.5 Å². The molecule has 2 fully saturated rings. The second kappa shape index (κ2) is 5.52. The minimum atomic E-state index is 0.110. The Balaban J connectivity index is 1.34. The number of phenolic OH excluding ortho intramolecular Hbond substituents is 1. The minimum Gasteiger partial charge on any atom is -0.507 e. The van der Waals surface area contributed by atoms with Crippen molar-refractivity contribution in [2.75, 3.05) is 13.1 Å². The number of aromatic hydroxyl groups is 1. The van der Waals surface area contributed by atoms with Gasteiger partial charge in [0, 0.05) is 48.9 Å². The van der Waals surface area contributed by atoms with Gasteiger partial charge in [-0.1, -0.05) is 5.10 Å². The van der Waals surface area contributed by atoms with E-state index < -0.39 is 0 Å². The van der Waals surface area contributed by atoms with Crippen molar-refractivity contribution < 1.29 is 9.84 Å². The molecule has 2 aromatic heterocycles. The van der Waals surface area contributed by atoms with Crippen LogP contribution >= 0.6 is 0 Å². The lowest BCUT2D eigenvalue weighted by Gasteiger charge is -2.08. The number of rotatable bonds is 4. The van der Waals surface area contributed by atoms with Crippen LogP contribution in [0.2, 0.25) is 0 Å². The van der Waals surface area contributed by atoms with Crippen LogP contribution in [0.15, 0.2) is 43.1 Å². The van der Waals surface area contributed by atoms with Crippen molar-refractivity contribution in [1.82, 2.24) is 30.0 Å². The van der Waals surface area contributed by atoms with Gasteiger partial charge in [-0.3, -0.25) is 0 Å². The molecule has 1 saturated heterocycles. The first-order valence-corrected chi connectivity index (χ1v) is 8.18. The van der Waals surface area contributed by atoms with Gasteiger partial charge < -0.3 is 19.7 Å². The van der Waals surface area contributed by atoms with Crippen LogP contribution in [0.5, 0.6) is 11.8 Å². The van der Waals surface area contributed by atoms with Gasteiger partial charge in [0.05, 0.1) is 18.2 Å². The van der Waals surface area contributed by atoms with Crippen molar-refractivity contribution in [3.63, 3.8) is 0 Å². The number of imidazole rings is 1. The number of ether oxygens (including phenoxy) is 1. The molecule has 0 spiro atoms. The highest BCUT2D eigenvalue weighted by atomic mass is 16.5. The quantitative estimate of drug-likeness (QED) is 0.734. The maximum Gasteiger partial charge on any atom is 0.335 e. The number of fused-ring (bicyclic) bond motifs is 1. The van der Waals surface area contributed by atoms with Crippen molar-refractivity contribution >= 4 is 0 Å². The van der Waals surface area contributed by atoms with E-state index in [1.54, 1.807) is 30.9 Å². The van der Waals surface area contributed by atoms with Gasteiger partial charge >= 0.3 is 6.01 Å². The molecule has 2 aliphatic rings. The van der Waals surface area contributed by atoms with E-state index in [4.69, 9.17) is 4.74 Å². The zero-order valence-electron chi connectivity index (χ0n) is 13.3. The molecule has 0 radical (unpaired) electrons. The fraction of sp³-hybridized carbons (Fsp3) is 0.294. The summed E-state index contributed by atoms with van der Waals surface area (Å²) in [5, 5.41) is 21.8. The zero-order chi connectivity index (χ0) is 16.8. The number of nitrogens with zero attached hydrogens (tertiary/aromatic N) is 5. The molecule has 2 unspecified atom stereocenters. The van der Waals surface area contributed by atoms with E-state index in [0.717, 1.165) is 18.8 Å². The largest absolute Gasteiger partial charge is 0.507 e. The van der Waals surface area contributed by atoms with Gasteiger partial charge in [0.15, 0.2) is 0 Å². The van der Waals surface area contributed by atoms with E-state index in [1.807, 2.05) is 16.8 Å². The smallest absolute Gasteiger partial charge is 0.335 e. The second-order valence-electron chi connectivity index (χ2n) is 6.37. The van der Waals surface area contributed by atoms with Crippen LogP contribution in [-0.4, -0.2) is 49.0 Å². The Labute approximate surface area is 143 Å². The van der Waals surface area contributed by atoms with Crippen molar-refractivity contribution in [2.24, 2.45) is 11.8 Å². The molecule has 1 aliphatic carbocycles. The molecule has 1 saturated carbocycles. The maximum absolute atomic E-state index is 10.3. The number of piperidine rings is 1. The van der Waals surface area contributed by atoms with E-state index >= 15 is 0 Å². The molecular formula is C17H16N6O2. The summed E-state index contributed by atoms with van der Waals surface area (Å²) in [5.74, 6) is 1.25. The standard InChI is InChI=1S/C17H16N6O2/c24-15-5-10(23-4-3-18-9-23)1-2-11(15)14-8-20-17(22-21-14)25-16-12-6-19-7-13(12)16/h1-5,8-9,12-13,16,19,24H,6-7H2. The molecule has 8 heteroatoms. The zero-order valence-corrected chi connectivity index (χ0v) is 13.3. The Bertz CT molecular complexity index is 886. The monoisotopic (exact) mass is 336 g/mol. The molecule has 8 nitrogen and oxygen atoms in total. The molecule has 0 bridgehead atoms. The highest BCUT2D eigenvalue weighted by molar-refractivity contribution is 5.67. The molecule has 1 aromatic carbocycles. The van der Waals surface area contributed by atoms with Gasteiger partial charge in [0.1, 0.15) is 17.5 Å². The minimum absolute atomic E-state index is 0.110. The van der Waals surface area contributed by atoms with Gasteiger partial charge in [-0.25, -0.2) is 9.97 Å². The van der Waals surface area contributed by atoms with Crippen LogP contribution in [0.25, 0.3) is 16.9 Å². The fourth-order valence-corrected chi connectivity index (χ4v) is 3.41. The molecule has 3 aromatic rings. The number of nitrogens with one attached hydrogen (secondary N) is 1. The Morgan fingerprint density at radius 2 is 2.08 bits per heavy atom. The highest BCUT2D eigenvalue weighted by Crippen LogP contribution is 2.44. The molecular weight excluding hydrogens is 320 g/mol. The lowest BCUT2D eigenvalue weighted by molar-refractivity contribution is 0.238. The van der Waals surface area contributed by atoms with Crippen molar-refractivity contribution in [3.05, 3.63) is 43.1 Å². The predicted octanol–water partition coefficient (Wildman–Crippen LogP) is 1.03. The van der Waals surface area contributed by atoms with Crippen molar-refractivity contribution in [2.45, 2.75) is 6.10 Å². The summed E-state index contributed by atoms with van der Waals surface area (Å²) in [6.07, 6.45) is 6.94.